The fourth-order valence-corrected chi connectivity index (χ4v) is 4.92. The zero-order valence-electron chi connectivity index (χ0n) is 21.0. The summed E-state index contributed by atoms with van der Waals surface area (Å²) in [6, 6.07) is 45.5. The van der Waals surface area contributed by atoms with Crippen molar-refractivity contribution in [2.75, 3.05) is 27.7 Å². The van der Waals surface area contributed by atoms with Gasteiger partial charge in [-0.15, -0.1) is 0 Å². The molecule has 0 aliphatic heterocycles. The van der Waals surface area contributed by atoms with Crippen LogP contribution in [0.2, 0.25) is 0 Å². The van der Waals surface area contributed by atoms with Crippen LogP contribution in [-0.2, 0) is 0 Å². The van der Waals surface area contributed by atoms with Crippen molar-refractivity contribution >= 4 is 28.0 Å². The van der Waals surface area contributed by atoms with Crippen molar-refractivity contribution in [1.29, 1.82) is 5.26 Å². The molecule has 0 unspecified atom stereocenters. The minimum absolute atomic E-state index is 0.232. The summed E-state index contributed by atoms with van der Waals surface area (Å²) in [6.07, 6.45) is -1.47. The van der Waals surface area contributed by atoms with E-state index < -0.39 is 12.2 Å². The molecule has 35 heavy (non-hydrogen) atoms. The Morgan fingerprint density at radius 1 is 0.629 bits per heavy atom. The van der Waals surface area contributed by atoms with Gasteiger partial charge in [0.25, 0.3) is 0 Å². The smallest absolute Gasteiger partial charge is 0.116 e. The number of aliphatic hydroxyl groups excluding tert-OH is 1. The number of quaternary nitrogens is 1. The zero-order chi connectivity index (χ0) is 25.2. The first-order chi connectivity index (χ1) is 16.9. The van der Waals surface area contributed by atoms with Gasteiger partial charge in [-0.25, -0.2) is 0 Å². The van der Waals surface area contributed by atoms with Crippen LogP contribution >= 0.6 is 0 Å². The first-order valence-corrected chi connectivity index (χ1v) is 12.1. The predicted octanol–water partition coefficient (Wildman–Crippen LogP) is 3.03. The van der Waals surface area contributed by atoms with E-state index in [1.807, 2.05) is 27.2 Å². The van der Waals surface area contributed by atoms with Crippen LogP contribution in [-0.4, -0.2) is 49.5 Å². The fourth-order valence-electron chi connectivity index (χ4n) is 4.92. The summed E-state index contributed by atoms with van der Waals surface area (Å²) in [7, 11) is 5.96. The molecule has 178 valence electrons. The van der Waals surface area contributed by atoms with Crippen molar-refractivity contribution in [3.63, 3.8) is 0 Å². The van der Waals surface area contributed by atoms with Crippen molar-refractivity contribution in [2.24, 2.45) is 0 Å². The van der Waals surface area contributed by atoms with Crippen molar-refractivity contribution in [3.05, 3.63) is 121 Å². The molecule has 0 spiro atoms. The lowest BCUT2D eigenvalue weighted by Gasteiger charge is -2.44. The molecule has 0 fully saturated rings. The van der Waals surface area contributed by atoms with Crippen LogP contribution in [0.15, 0.2) is 121 Å². The zero-order valence-corrected chi connectivity index (χ0v) is 21.0. The van der Waals surface area contributed by atoms with Gasteiger partial charge in [-0.3, -0.25) is 0 Å². The number of aliphatic hydroxyl groups is 1. The van der Waals surface area contributed by atoms with Gasteiger partial charge >= 0.3 is 0 Å². The summed E-state index contributed by atoms with van der Waals surface area (Å²) in [4.78, 5) is 0. The van der Waals surface area contributed by atoms with Crippen LogP contribution < -0.4 is 21.9 Å². The second-order valence-electron chi connectivity index (χ2n) is 10.00. The molecular formula is C31H35BN2O. The molecule has 1 N–H and O–H groups in total. The highest BCUT2D eigenvalue weighted by Gasteiger charge is 2.31. The molecule has 0 heterocycles. The number of hydrogen-bond acceptors (Lipinski definition) is 2. The molecular weight excluding hydrogens is 427 g/mol. The highest BCUT2D eigenvalue weighted by molar-refractivity contribution is 7.19. The molecule has 4 heteroatoms. The van der Waals surface area contributed by atoms with E-state index in [0.717, 1.165) is 0 Å². The van der Waals surface area contributed by atoms with Gasteiger partial charge in [0.15, 0.2) is 0 Å². The lowest BCUT2D eigenvalue weighted by Crippen LogP contribution is -2.74. The van der Waals surface area contributed by atoms with Gasteiger partial charge < -0.3 is 9.59 Å². The Bertz CT molecular complexity index is 1020. The van der Waals surface area contributed by atoms with Crippen LogP contribution in [0.25, 0.3) is 0 Å². The van der Waals surface area contributed by atoms with Crippen LogP contribution in [0.5, 0.6) is 0 Å². The Kier molecular flexibility index (Phi) is 9.03. The molecule has 0 bridgehead atoms. The summed E-state index contributed by atoms with van der Waals surface area (Å²) in [5.74, 6) is 0. The maximum Gasteiger partial charge on any atom is 0.116 e. The number of nitrogens with zero attached hydrogens (tertiary/aromatic N) is 2. The topological polar surface area (TPSA) is 44.0 Å². The molecule has 4 aromatic rings. The average molecular weight is 462 g/mol. The molecule has 0 saturated carbocycles. The number of likely N-dealkylation sites (N-methyl/N-ethyl adjacent to an activating group) is 1. The standard InChI is InChI=1S/C24H20B.C7H15N2O/c1-5-13-21(14-6-1)25(22-15-7-2-8-16-22,23-17-9-3-10-18-23)24-19-11-4-12-20-24;1-9(2,3)6-7(10)4-5-8/h1-20H;7,10H,4,6H2,1-3H3/q-1;+1/t;7-/m.1/s1. The summed E-state index contributed by atoms with van der Waals surface area (Å²) in [5, 5.41) is 17.4. The van der Waals surface area contributed by atoms with E-state index in [1.165, 1.54) is 21.9 Å². The second kappa shape index (κ2) is 12.2. The van der Waals surface area contributed by atoms with Gasteiger partial charge in [0.1, 0.15) is 18.8 Å². The maximum absolute atomic E-state index is 9.15. The Labute approximate surface area is 210 Å². The van der Waals surface area contributed by atoms with Crippen molar-refractivity contribution in [3.8, 4) is 6.07 Å². The van der Waals surface area contributed by atoms with Crippen LogP contribution in [0.3, 0.4) is 0 Å². The van der Waals surface area contributed by atoms with Gasteiger partial charge in [0.05, 0.1) is 33.6 Å². The quantitative estimate of drug-likeness (QED) is 0.339. The third-order valence-electron chi connectivity index (χ3n) is 6.28. The van der Waals surface area contributed by atoms with Crippen molar-refractivity contribution in [1.82, 2.24) is 0 Å². The summed E-state index contributed by atoms with van der Waals surface area (Å²) < 4.78 is 0.697. The van der Waals surface area contributed by atoms with E-state index in [1.54, 1.807) is 0 Å². The van der Waals surface area contributed by atoms with Gasteiger partial charge in [-0.1, -0.05) is 121 Å². The minimum Gasteiger partial charge on any atom is -0.386 e. The normalized spacial score (nSPS) is 12.1. The molecule has 3 nitrogen and oxygen atoms in total. The predicted molar refractivity (Wildman–Crippen MR) is 149 cm³/mol. The lowest BCUT2D eigenvalue weighted by atomic mass is 9.13. The molecule has 0 aromatic heterocycles. The van der Waals surface area contributed by atoms with E-state index in [9.17, 15) is 0 Å². The molecule has 0 aliphatic carbocycles. The van der Waals surface area contributed by atoms with Gasteiger partial charge in [0, 0.05) is 0 Å². The number of benzene rings is 4. The summed E-state index contributed by atoms with van der Waals surface area (Å²) in [6.45, 7) is 0.633. The Hall–Kier alpha value is -3.65. The first-order valence-electron chi connectivity index (χ1n) is 12.1. The summed E-state index contributed by atoms with van der Waals surface area (Å²) in [5.41, 5.74) is 5.36. The lowest BCUT2D eigenvalue weighted by molar-refractivity contribution is -0.873. The van der Waals surface area contributed by atoms with Crippen molar-refractivity contribution in [2.45, 2.75) is 12.5 Å². The van der Waals surface area contributed by atoms with E-state index >= 15 is 0 Å². The van der Waals surface area contributed by atoms with Gasteiger partial charge in [-0.2, -0.15) is 27.1 Å². The van der Waals surface area contributed by atoms with Crippen molar-refractivity contribution < 1.29 is 9.59 Å². The van der Waals surface area contributed by atoms with E-state index in [4.69, 9.17) is 10.4 Å². The first kappa shape index (κ1) is 26.0. The summed E-state index contributed by atoms with van der Waals surface area (Å²) >= 11 is 0. The molecule has 0 amide bonds. The van der Waals surface area contributed by atoms with Gasteiger partial charge in [0.2, 0.25) is 0 Å². The second-order valence-corrected chi connectivity index (χ2v) is 10.00. The number of hydrogen-bond donors (Lipinski definition) is 1. The third kappa shape index (κ3) is 6.70. The average Bonchev–Trinajstić information content (AvgIpc) is 2.87. The molecule has 4 rings (SSSR count). The number of nitriles is 1. The fraction of sp³-hybridized carbons (Fsp3) is 0.194. The molecule has 1 atom stereocenters. The molecule has 0 aliphatic rings. The van der Waals surface area contributed by atoms with Crippen LogP contribution in [0, 0.1) is 11.3 Å². The van der Waals surface area contributed by atoms with E-state index in [-0.39, 0.29) is 6.42 Å². The SMILES string of the molecule is C[N+](C)(C)C[C@H](O)CC#N.c1ccc([B-](c2ccccc2)(c2ccccc2)c2ccccc2)cc1. The van der Waals surface area contributed by atoms with Crippen LogP contribution in [0.4, 0.5) is 0 Å². The van der Waals surface area contributed by atoms with Crippen LogP contribution in [0.1, 0.15) is 6.42 Å². The highest BCUT2D eigenvalue weighted by atomic mass is 16.3. The maximum atomic E-state index is 9.15. The minimum atomic E-state index is -1.22. The van der Waals surface area contributed by atoms with E-state index in [0.29, 0.717) is 11.0 Å². The van der Waals surface area contributed by atoms with E-state index in [2.05, 4.69) is 121 Å². The molecule has 0 radical (unpaired) electrons. The Morgan fingerprint density at radius 3 is 1.14 bits per heavy atom. The Morgan fingerprint density at radius 2 is 0.914 bits per heavy atom. The highest BCUT2D eigenvalue weighted by Crippen LogP contribution is 2.09. The van der Waals surface area contributed by atoms with Gasteiger partial charge in [-0.05, 0) is 0 Å². The monoisotopic (exact) mass is 462 g/mol. The molecule has 4 aromatic carbocycles. The number of rotatable bonds is 7. The third-order valence-corrected chi connectivity index (χ3v) is 6.28. The molecule has 0 saturated heterocycles. The Balaban J connectivity index is 0.000000292. The largest absolute Gasteiger partial charge is 0.386 e.